The van der Waals surface area contributed by atoms with Gasteiger partial charge in [-0.1, -0.05) is 12.1 Å². The van der Waals surface area contributed by atoms with Gasteiger partial charge < -0.3 is 9.80 Å². The Bertz CT molecular complexity index is 1000. The van der Waals surface area contributed by atoms with Gasteiger partial charge in [0.05, 0.1) is 10.6 Å². The average Bonchev–Trinajstić information content (AvgIpc) is 3.16. The number of rotatable bonds is 3. The summed E-state index contributed by atoms with van der Waals surface area (Å²) in [6.45, 7) is 9.60. The maximum Gasteiger partial charge on any atom is 0.254 e. The van der Waals surface area contributed by atoms with Gasteiger partial charge in [0.1, 0.15) is 0 Å². The van der Waals surface area contributed by atoms with Crippen LogP contribution >= 0.6 is 11.3 Å². The van der Waals surface area contributed by atoms with Crippen LogP contribution in [0.3, 0.4) is 0 Å². The van der Waals surface area contributed by atoms with Gasteiger partial charge in [-0.25, -0.2) is 0 Å². The molecule has 5 heteroatoms. The Morgan fingerprint density at radius 3 is 2.50 bits per heavy atom. The molecule has 4 nitrogen and oxygen atoms in total. The molecule has 0 aliphatic carbocycles. The fourth-order valence-corrected chi connectivity index (χ4v) is 4.52. The molecule has 0 atom stereocenters. The van der Waals surface area contributed by atoms with E-state index in [-0.39, 0.29) is 5.91 Å². The molecular weight excluding hydrogens is 366 g/mol. The molecule has 0 spiro atoms. The van der Waals surface area contributed by atoms with Crippen molar-refractivity contribution < 1.29 is 4.79 Å². The van der Waals surface area contributed by atoms with Gasteiger partial charge in [-0.2, -0.15) is 0 Å². The predicted molar refractivity (Wildman–Crippen MR) is 116 cm³/mol. The zero-order chi connectivity index (χ0) is 19.7. The zero-order valence-corrected chi connectivity index (χ0v) is 17.4. The first-order chi connectivity index (χ1) is 13.5. The molecule has 1 aliphatic rings. The Balaban J connectivity index is 1.46. The molecule has 1 aromatic carbocycles. The van der Waals surface area contributed by atoms with Crippen molar-refractivity contribution in [1.29, 1.82) is 0 Å². The number of hydrogen-bond donors (Lipinski definition) is 0. The molecule has 1 fully saturated rings. The van der Waals surface area contributed by atoms with Crippen LogP contribution in [-0.4, -0.2) is 42.0 Å². The third kappa shape index (κ3) is 3.67. The minimum absolute atomic E-state index is 0.0949. The number of piperazine rings is 1. The number of hydrogen-bond acceptors (Lipinski definition) is 4. The van der Waals surface area contributed by atoms with Crippen LogP contribution in [0.2, 0.25) is 0 Å². The lowest BCUT2D eigenvalue weighted by molar-refractivity contribution is 0.0746. The number of carbonyl (C=O) groups excluding carboxylic acids is 1. The summed E-state index contributed by atoms with van der Waals surface area (Å²) in [7, 11) is 0. The molecule has 2 aromatic heterocycles. The lowest BCUT2D eigenvalue weighted by Gasteiger charge is -2.37. The molecule has 1 saturated heterocycles. The SMILES string of the molecule is Cc1ccc(-c2cc(C(=O)N3CCN(c4cccc(C)c4C)CC3)ccn2)s1. The minimum atomic E-state index is 0.0949. The molecule has 3 aromatic rings. The summed E-state index contributed by atoms with van der Waals surface area (Å²) >= 11 is 1.70. The lowest BCUT2D eigenvalue weighted by Crippen LogP contribution is -2.49. The van der Waals surface area contributed by atoms with E-state index >= 15 is 0 Å². The summed E-state index contributed by atoms with van der Waals surface area (Å²) in [5, 5.41) is 0. The number of benzene rings is 1. The van der Waals surface area contributed by atoms with E-state index in [1.54, 1.807) is 17.5 Å². The summed E-state index contributed by atoms with van der Waals surface area (Å²) < 4.78 is 0. The molecule has 1 amide bonds. The highest BCUT2D eigenvalue weighted by Crippen LogP contribution is 2.27. The first kappa shape index (κ1) is 18.7. The fraction of sp³-hybridized carbons (Fsp3) is 0.304. The third-order valence-electron chi connectivity index (χ3n) is 5.48. The minimum Gasteiger partial charge on any atom is -0.368 e. The van der Waals surface area contributed by atoms with Crippen molar-refractivity contribution in [1.82, 2.24) is 9.88 Å². The number of thiophene rings is 1. The van der Waals surface area contributed by atoms with Gasteiger partial charge in [0, 0.05) is 48.5 Å². The quantitative estimate of drug-likeness (QED) is 0.649. The van der Waals surface area contributed by atoms with E-state index in [0.717, 1.165) is 42.3 Å². The second-order valence-electron chi connectivity index (χ2n) is 7.34. The molecule has 28 heavy (non-hydrogen) atoms. The summed E-state index contributed by atoms with van der Waals surface area (Å²) in [6.07, 6.45) is 1.74. The van der Waals surface area contributed by atoms with Gasteiger partial charge in [-0.3, -0.25) is 9.78 Å². The number of anilines is 1. The summed E-state index contributed by atoms with van der Waals surface area (Å²) in [5.41, 5.74) is 5.51. The standard InChI is InChI=1S/C23H25N3OS/c1-16-5-4-6-21(18(16)3)25-11-13-26(14-12-25)23(27)19-9-10-24-20(15-19)22-8-7-17(2)28-22/h4-10,15H,11-14H2,1-3H3. The largest absolute Gasteiger partial charge is 0.368 e. The van der Waals surface area contributed by atoms with Crippen LogP contribution in [0.4, 0.5) is 5.69 Å². The summed E-state index contributed by atoms with van der Waals surface area (Å²) in [5.74, 6) is 0.0949. The molecule has 1 aliphatic heterocycles. The third-order valence-corrected chi connectivity index (χ3v) is 6.51. The van der Waals surface area contributed by atoms with E-state index in [9.17, 15) is 4.79 Å². The van der Waals surface area contributed by atoms with Crippen molar-refractivity contribution in [2.45, 2.75) is 20.8 Å². The number of amides is 1. The maximum absolute atomic E-state index is 13.0. The van der Waals surface area contributed by atoms with E-state index in [1.165, 1.54) is 21.7 Å². The van der Waals surface area contributed by atoms with Crippen LogP contribution in [0.25, 0.3) is 10.6 Å². The molecule has 0 saturated carbocycles. The molecule has 0 bridgehead atoms. The molecule has 0 radical (unpaired) electrons. The van der Waals surface area contributed by atoms with Crippen LogP contribution < -0.4 is 4.90 Å². The fourth-order valence-electron chi connectivity index (χ4n) is 3.68. The predicted octanol–water partition coefficient (Wildman–Crippen LogP) is 4.70. The van der Waals surface area contributed by atoms with Crippen molar-refractivity contribution in [3.05, 3.63) is 70.2 Å². The van der Waals surface area contributed by atoms with Gasteiger partial charge in [0.25, 0.3) is 5.91 Å². The van der Waals surface area contributed by atoms with E-state index < -0.39 is 0 Å². The Kier molecular flexibility index (Phi) is 5.18. The zero-order valence-electron chi connectivity index (χ0n) is 16.6. The first-order valence-corrected chi connectivity index (χ1v) is 10.5. The maximum atomic E-state index is 13.0. The van der Waals surface area contributed by atoms with Gasteiger partial charge in [0.2, 0.25) is 0 Å². The summed E-state index contributed by atoms with van der Waals surface area (Å²) in [4.78, 5) is 24.2. The number of pyridine rings is 1. The highest BCUT2D eigenvalue weighted by Gasteiger charge is 2.23. The number of carbonyl (C=O) groups is 1. The van der Waals surface area contributed by atoms with Gasteiger partial charge in [-0.15, -0.1) is 11.3 Å². The Morgan fingerprint density at radius 1 is 1.00 bits per heavy atom. The van der Waals surface area contributed by atoms with Crippen LogP contribution in [0, 0.1) is 20.8 Å². The van der Waals surface area contributed by atoms with Crippen LogP contribution in [0.5, 0.6) is 0 Å². The normalized spacial score (nSPS) is 14.4. The van der Waals surface area contributed by atoms with Gasteiger partial charge >= 0.3 is 0 Å². The van der Waals surface area contributed by atoms with E-state index in [0.29, 0.717) is 0 Å². The highest BCUT2D eigenvalue weighted by molar-refractivity contribution is 7.15. The number of nitrogens with zero attached hydrogens (tertiary/aromatic N) is 3. The van der Waals surface area contributed by atoms with Crippen molar-refractivity contribution >= 4 is 22.9 Å². The first-order valence-electron chi connectivity index (χ1n) is 9.66. The Labute approximate surface area is 170 Å². The topological polar surface area (TPSA) is 36.4 Å². The van der Waals surface area contributed by atoms with Crippen molar-refractivity contribution in [2.75, 3.05) is 31.1 Å². The molecule has 4 rings (SSSR count). The monoisotopic (exact) mass is 391 g/mol. The molecule has 0 unspecified atom stereocenters. The van der Waals surface area contributed by atoms with Gasteiger partial charge in [0.15, 0.2) is 0 Å². The van der Waals surface area contributed by atoms with E-state index in [1.807, 2.05) is 17.0 Å². The van der Waals surface area contributed by atoms with Crippen molar-refractivity contribution in [3.8, 4) is 10.6 Å². The van der Waals surface area contributed by atoms with Gasteiger partial charge in [-0.05, 0) is 62.2 Å². The smallest absolute Gasteiger partial charge is 0.254 e. The van der Waals surface area contributed by atoms with Crippen LogP contribution in [0.15, 0.2) is 48.7 Å². The van der Waals surface area contributed by atoms with Crippen LogP contribution in [0.1, 0.15) is 26.4 Å². The second-order valence-corrected chi connectivity index (χ2v) is 8.63. The summed E-state index contributed by atoms with van der Waals surface area (Å²) in [6, 6.07) is 14.3. The molecular formula is C23H25N3OS. The molecule has 3 heterocycles. The number of aryl methyl sites for hydroxylation is 2. The Morgan fingerprint density at radius 2 is 1.79 bits per heavy atom. The van der Waals surface area contributed by atoms with E-state index in [2.05, 4.69) is 61.0 Å². The number of aromatic nitrogens is 1. The van der Waals surface area contributed by atoms with E-state index in [4.69, 9.17) is 0 Å². The highest BCUT2D eigenvalue weighted by atomic mass is 32.1. The molecule has 0 N–H and O–H groups in total. The van der Waals surface area contributed by atoms with Crippen molar-refractivity contribution in [2.24, 2.45) is 0 Å². The Hall–Kier alpha value is -2.66. The van der Waals surface area contributed by atoms with Crippen molar-refractivity contribution in [3.63, 3.8) is 0 Å². The average molecular weight is 392 g/mol. The molecule has 144 valence electrons. The second kappa shape index (κ2) is 7.76. The van der Waals surface area contributed by atoms with Crippen LogP contribution in [-0.2, 0) is 0 Å². The lowest BCUT2D eigenvalue weighted by atomic mass is 10.1.